The van der Waals surface area contributed by atoms with E-state index in [1.807, 2.05) is 0 Å². The molecule has 0 saturated carbocycles. The van der Waals surface area contributed by atoms with E-state index in [9.17, 15) is 14.5 Å². The minimum atomic E-state index is -0.721. The van der Waals surface area contributed by atoms with Crippen molar-refractivity contribution in [1.82, 2.24) is 4.98 Å². The maximum Gasteiger partial charge on any atom is 0.315 e. The van der Waals surface area contributed by atoms with Gasteiger partial charge in [-0.1, -0.05) is 6.07 Å². The number of nitrogen functional groups attached to an aromatic ring is 1. The molecule has 9 heteroatoms. The van der Waals surface area contributed by atoms with Crippen LogP contribution in [0.1, 0.15) is 5.56 Å². The molecule has 7 nitrogen and oxygen atoms in total. The molecule has 0 aliphatic carbocycles. The molecule has 0 spiro atoms. The van der Waals surface area contributed by atoms with Crippen molar-refractivity contribution in [1.29, 1.82) is 0 Å². The number of hydrogen-bond acceptors (Lipinski definition) is 6. The highest BCUT2D eigenvalue weighted by atomic mass is 79.9. The van der Waals surface area contributed by atoms with Gasteiger partial charge in [0.05, 0.1) is 15.5 Å². The van der Waals surface area contributed by atoms with Crippen LogP contribution in [0.25, 0.3) is 0 Å². The third kappa shape index (κ3) is 3.64. The number of anilines is 1. The van der Waals surface area contributed by atoms with Crippen LogP contribution in [0.5, 0.6) is 5.75 Å². The van der Waals surface area contributed by atoms with Gasteiger partial charge in [0, 0.05) is 11.8 Å². The highest BCUT2D eigenvalue weighted by Gasteiger charge is 2.20. The van der Waals surface area contributed by atoms with Gasteiger partial charge in [-0.15, -0.1) is 0 Å². The number of nitro groups is 1. The number of pyridine rings is 1. The largest absolute Gasteiger partial charge is 0.481 e. The molecule has 0 atom stereocenters. The Balaban J connectivity index is 2.20. The molecule has 0 saturated heterocycles. The molecule has 21 heavy (non-hydrogen) atoms. The van der Waals surface area contributed by atoms with Crippen LogP contribution in [-0.2, 0) is 6.61 Å². The first kappa shape index (κ1) is 15.1. The van der Waals surface area contributed by atoms with Crippen LogP contribution in [0.4, 0.5) is 15.9 Å². The van der Waals surface area contributed by atoms with Gasteiger partial charge in [-0.25, -0.2) is 15.2 Å². The average molecular weight is 357 g/mol. The Kier molecular flexibility index (Phi) is 4.66. The van der Waals surface area contributed by atoms with E-state index in [1.54, 1.807) is 12.1 Å². The van der Waals surface area contributed by atoms with E-state index in [0.717, 1.165) is 12.1 Å². The van der Waals surface area contributed by atoms with Crippen molar-refractivity contribution in [3.63, 3.8) is 0 Å². The quantitative estimate of drug-likeness (QED) is 0.485. The number of aromatic nitrogens is 1. The third-order valence-electron chi connectivity index (χ3n) is 2.54. The van der Waals surface area contributed by atoms with Crippen LogP contribution < -0.4 is 16.0 Å². The van der Waals surface area contributed by atoms with Crippen molar-refractivity contribution >= 4 is 27.4 Å². The molecule has 0 aliphatic heterocycles. The maximum absolute atomic E-state index is 13.2. The Morgan fingerprint density at radius 2 is 2.24 bits per heavy atom. The summed E-state index contributed by atoms with van der Waals surface area (Å²) in [6, 6.07) is 5.24. The lowest BCUT2D eigenvalue weighted by Crippen LogP contribution is -2.08. The standard InChI is InChI=1S/C12H10BrFN4O3/c13-9-3-8(14)4-10(18(19)20)12(9)21-6-7-1-2-11(17-15)16-5-7/h1-5H,6,15H2,(H,16,17). The van der Waals surface area contributed by atoms with Gasteiger partial charge in [-0.3, -0.25) is 10.1 Å². The van der Waals surface area contributed by atoms with Crippen LogP contribution >= 0.6 is 15.9 Å². The molecular formula is C12H10BrFN4O3. The smallest absolute Gasteiger partial charge is 0.315 e. The summed E-state index contributed by atoms with van der Waals surface area (Å²) in [5, 5.41) is 10.9. The van der Waals surface area contributed by atoms with Crippen molar-refractivity contribution in [3.05, 3.63) is 56.4 Å². The zero-order valence-electron chi connectivity index (χ0n) is 10.5. The zero-order valence-corrected chi connectivity index (χ0v) is 12.1. The van der Waals surface area contributed by atoms with Crippen molar-refractivity contribution < 1.29 is 14.1 Å². The number of nitro benzene ring substituents is 1. The van der Waals surface area contributed by atoms with E-state index in [-0.39, 0.29) is 16.8 Å². The fraction of sp³-hybridized carbons (Fsp3) is 0.0833. The summed E-state index contributed by atoms with van der Waals surface area (Å²) < 4.78 is 18.8. The van der Waals surface area contributed by atoms with Gasteiger partial charge in [-0.2, -0.15) is 0 Å². The van der Waals surface area contributed by atoms with E-state index >= 15 is 0 Å². The van der Waals surface area contributed by atoms with Gasteiger partial charge in [0.25, 0.3) is 0 Å². The molecular weight excluding hydrogens is 347 g/mol. The number of nitrogens with two attached hydrogens (primary N) is 1. The van der Waals surface area contributed by atoms with Crippen LogP contribution in [0.2, 0.25) is 0 Å². The summed E-state index contributed by atoms with van der Waals surface area (Å²) in [7, 11) is 0. The summed E-state index contributed by atoms with van der Waals surface area (Å²) >= 11 is 3.05. The number of halogens is 2. The second-order valence-electron chi connectivity index (χ2n) is 3.98. The van der Waals surface area contributed by atoms with Crippen LogP contribution in [0.3, 0.4) is 0 Å². The van der Waals surface area contributed by atoms with Crippen molar-refractivity contribution in [3.8, 4) is 5.75 Å². The van der Waals surface area contributed by atoms with Crippen molar-refractivity contribution in [2.75, 3.05) is 5.43 Å². The zero-order chi connectivity index (χ0) is 15.4. The molecule has 2 aromatic rings. The minimum absolute atomic E-state index is 0.0394. The molecule has 0 aliphatic rings. The Morgan fingerprint density at radius 1 is 1.48 bits per heavy atom. The molecule has 3 N–H and O–H groups in total. The minimum Gasteiger partial charge on any atom is -0.481 e. The second-order valence-corrected chi connectivity index (χ2v) is 4.83. The number of ether oxygens (including phenoxy) is 1. The molecule has 0 fully saturated rings. The third-order valence-corrected chi connectivity index (χ3v) is 3.13. The Morgan fingerprint density at radius 3 is 2.81 bits per heavy atom. The first-order chi connectivity index (χ1) is 10.0. The first-order valence-corrected chi connectivity index (χ1v) is 6.48. The molecule has 1 aromatic heterocycles. The van der Waals surface area contributed by atoms with Crippen molar-refractivity contribution in [2.45, 2.75) is 6.61 Å². The number of nitrogens with zero attached hydrogens (tertiary/aromatic N) is 2. The number of nitrogens with one attached hydrogen (secondary N) is 1. The lowest BCUT2D eigenvalue weighted by molar-refractivity contribution is -0.386. The highest BCUT2D eigenvalue weighted by molar-refractivity contribution is 9.10. The van der Waals surface area contributed by atoms with Gasteiger partial charge >= 0.3 is 5.69 Å². The molecule has 0 bridgehead atoms. The molecule has 0 radical (unpaired) electrons. The first-order valence-electron chi connectivity index (χ1n) is 5.69. The number of hydrazine groups is 1. The molecule has 0 unspecified atom stereocenters. The summed E-state index contributed by atoms with van der Waals surface area (Å²) in [4.78, 5) is 14.2. The molecule has 0 amide bonds. The van der Waals surface area contributed by atoms with Gasteiger partial charge < -0.3 is 10.2 Å². The second kappa shape index (κ2) is 6.46. The Hall–Kier alpha value is -2.26. The lowest BCUT2D eigenvalue weighted by atomic mass is 10.2. The van der Waals surface area contributed by atoms with E-state index in [2.05, 4.69) is 26.3 Å². The Bertz CT molecular complexity index is 666. The number of hydrogen-bond donors (Lipinski definition) is 2. The average Bonchev–Trinajstić information content (AvgIpc) is 2.46. The van der Waals surface area contributed by atoms with E-state index in [0.29, 0.717) is 11.4 Å². The van der Waals surface area contributed by atoms with E-state index in [1.165, 1.54) is 6.20 Å². The molecule has 110 valence electrons. The SMILES string of the molecule is NNc1ccc(COc2c(Br)cc(F)cc2[N+](=O)[O-])cn1. The van der Waals surface area contributed by atoms with Gasteiger partial charge in [0.1, 0.15) is 18.2 Å². The highest BCUT2D eigenvalue weighted by Crippen LogP contribution is 2.36. The van der Waals surface area contributed by atoms with Crippen LogP contribution in [0, 0.1) is 15.9 Å². The fourth-order valence-corrected chi connectivity index (χ4v) is 2.11. The number of rotatable bonds is 5. The van der Waals surface area contributed by atoms with Gasteiger partial charge in [0.15, 0.2) is 0 Å². The normalized spacial score (nSPS) is 10.2. The number of benzene rings is 1. The van der Waals surface area contributed by atoms with Gasteiger partial charge in [0.2, 0.25) is 5.75 Å². The van der Waals surface area contributed by atoms with Gasteiger partial charge in [-0.05, 0) is 28.1 Å². The van der Waals surface area contributed by atoms with E-state index < -0.39 is 16.4 Å². The monoisotopic (exact) mass is 356 g/mol. The predicted octanol–water partition coefficient (Wildman–Crippen LogP) is 2.76. The topological polar surface area (TPSA) is 103 Å². The summed E-state index contributed by atoms with van der Waals surface area (Å²) in [6.07, 6.45) is 1.51. The summed E-state index contributed by atoms with van der Waals surface area (Å²) in [6.45, 7) is 0.0446. The lowest BCUT2D eigenvalue weighted by Gasteiger charge is -2.09. The predicted molar refractivity (Wildman–Crippen MR) is 77.1 cm³/mol. The molecule has 1 heterocycles. The Labute approximate surface area is 127 Å². The molecule has 1 aromatic carbocycles. The van der Waals surface area contributed by atoms with Crippen LogP contribution in [0.15, 0.2) is 34.9 Å². The summed E-state index contributed by atoms with van der Waals surface area (Å²) in [5.74, 6) is 4.91. The molecule has 2 rings (SSSR count). The fourth-order valence-electron chi connectivity index (χ4n) is 1.58. The van der Waals surface area contributed by atoms with Crippen LogP contribution in [-0.4, -0.2) is 9.91 Å². The summed E-state index contributed by atoms with van der Waals surface area (Å²) in [5.41, 5.74) is 2.61. The van der Waals surface area contributed by atoms with E-state index in [4.69, 9.17) is 10.6 Å². The van der Waals surface area contributed by atoms with Crippen molar-refractivity contribution in [2.24, 2.45) is 5.84 Å². The maximum atomic E-state index is 13.2.